The van der Waals surface area contributed by atoms with Crippen LogP contribution in [0.5, 0.6) is 0 Å². The van der Waals surface area contributed by atoms with Gasteiger partial charge in [0.1, 0.15) is 0 Å². The van der Waals surface area contributed by atoms with Crippen LogP contribution in [-0.4, -0.2) is 34.3 Å². The molecule has 2 unspecified atom stereocenters. The summed E-state index contributed by atoms with van der Waals surface area (Å²) >= 11 is 1.21. The molecule has 104 valence electrons. The zero-order valence-corrected chi connectivity index (χ0v) is 11.7. The lowest BCUT2D eigenvalue weighted by molar-refractivity contribution is -0.387. The molecule has 0 fully saturated rings. The van der Waals surface area contributed by atoms with Crippen molar-refractivity contribution in [1.82, 2.24) is 5.32 Å². The number of hydrogen-bond acceptors (Lipinski definition) is 5. The van der Waals surface area contributed by atoms with E-state index >= 15 is 0 Å². The Balaban J connectivity index is 3.12. The van der Waals surface area contributed by atoms with Crippen LogP contribution in [0, 0.1) is 10.1 Å². The monoisotopic (exact) mass is 284 g/mol. The molecule has 1 amide bonds. The highest BCUT2D eigenvalue weighted by Gasteiger charge is 2.20. The minimum Gasteiger partial charge on any atom is -0.392 e. The number of carbonyl (C=O) groups excluding carboxylic acids is 1. The highest BCUT2D eigenvalue weighted by molar-refractivity contribution is 8.00. The molecule has 0 bridgehead atoms. The number of hydrogen-bond donors (Lipinski definition) is 2. The van der Waals surface area contributed by atoms with E-state index < -0.39 is 11.0 Å². The van der Waals surface area contributed by atoms with Crippen LogP contribution in [0.15, 0.2) is 23.1 Å². The van der Waals surface area contributed by atoms with E-state index in [2.05, 4.69) is 5.32 Å². The summed E-state index contributed by atoms with van der Waals surface area (Å²) in [7, 11) is 1.46. The maximum absolute atomic E-state index is 11.4. The normalized spacial score (nSPS) is 13.7. The first kappa shape index (κ1) is 15.5. The van der Waals surface area contributed by atoms with Gasteiger partial charge in [-0.05, 0) is 19.1 Å². The Hall–Kier alpha value is -1.60. The summed E-state index contributed by atoms with van der Waals surface area (Å²) in [5.74, 6) is -0.372. The molecular weight excluding hydrogens is 268 g/mol. The van der Waals surface area contributed by atoms with Gasteiger partial charge >= 0.3 is 0 Å². The topological polar surface area (TPSA) is 92.5 Å². The van der Waals surface area contributed by atoms with E-state index in [1.165, 1.54) is 37.0 Å². The number of nitro benzene ring substituents is 1. The minimum atomic E-state index is -0.580. The lowest BCUT2D eigenvalue weighted by Gasteiger charge is -2.14. The van der Waals surface area contributed by atoms with Crippen molar-refractivity contribution in [3.05, 3.63) is 33.9 Å². The standard InChI is InChI=1S/C12H16N2O4S/c1-7(15)8(2)19-11-5-4-9(12(16)13-3)6-10(11)14(17)18/h4-8,15H,1-3H3,(H,13,16). The van der Waals surface area contributed by atoms with Gasteiger partial charge in [-0.3, -0.25) is 14.9 Å². The number of nitrogens with one attached hydrogen (secondary N) is 1. The summed E-state index contributed by atoms with van der Waals surface area (Å²) in [5.41, 5.74) is 0.113. The third-order valence-corrected chi connectivity index (χ3v) is 4.00. The summed E-state index contributed by atoms with van der Waals surface area (Å²) in [6.45, 7) is 3.41. The Bertz CT molecular complexity index is 491. The summed E-state index contributed by atoms with van der Waals surface area (Å²) in [6.07, 6.45) is -0.580. The van der Waals surface area contributed by atoms with E-state index in [1.54, 1.807) is 13.8 Å². The molecule has 2 N–H and O–H groups in total. The smallest absolute Gasteiger partial charge is 0.283 e. The predicted octanol–water partition coefficient (Wildman–Crippen LogP) is 1.82. The highest BCUT2D eigenvalue weighted by Crippen LogP contribution is 2.33. The van der Waals surface area contributed by atoms with E-state index in [1.807, 2.05) is 0 Å². The number of thioether (sulfide) groups is 1. The number of benzene rings is 1. The molecule has 0 saturated heterocycles. The molecule has 0 radical (unpaired) electrons. The molecule has 0 aliphatic rings. The highest BCUT2D eigenvalue weighted by atomic mass is 32.2. The fraction of sp³-hybridized carbons (Fsp3) is 0.417. The summed E-state index contributed by atoms with van der Waals surface area (Å²) in [4.78, 5) is 22.4. The van der Waals surface area contributed by atoms with Crippen LogP contribution in [0.4, 0.5) is 5.69 Å². The first-order valence-corrected chi connectivity index (χ1v) is 6.60. The van der Waals surface area contributed by atoms with Gasteiger partial charge in [-0.1, -0.05) is 6.92 Å². The number of nitrogens with zero attached hydrogens (tertiary/aromatic N) is 1. The number of rotatable bonds is 5. The Morgan fingerprint density at radius 1 is 1.47 bits per heavy atom. The maximum atomic E-state index is 11.4. The molecule has 0 heterocycles. The Morgan fingerprint density at radius 3 is 2.58 bits per heavy atom. The molecule has 1 rings (SSSR count). The van der Waals surface area contributed by atoms with Gasteiger partial charge in [0.15, 0.2) is 0 Å². The van der Waals surface area contributed by atoms with Gasteiger partial charge in [0.2, 0.25) is 0 Å². The van der Waals surface area contributed by atoms with Crippen molar-refractivity contribution in [2.75, 3.05) is 7.05 Å². The lowest BCUT2D eigenvalue weighted by Crippen LogP contribution is -2.18. The number of aliphatic hydroxyl groups is 1. The zero-order valence-electron chi connectivity index (χ0n) is 10.9. The van der Waals surface area contributed by atoms with Gasteiger partial charge in [0.25, 0.3) is 11.6 Å². The van der Waals surface area contributed by atoms with Crippen LogP contribution in [0.25, 0.3) is 0 Å². The summed E-state index contributed by atoms with van der Waals surface area (Å²) in [5, 5.41) is 22.7. The van der Waals surface area contributed by atoms with E-state index in [9.17, 15) is 20.0 Å². The van der Waals surface area contributed by atoms with Crippen LogP contribution < -0.4 is 5.32 Å². The second-order valence-electron chi connectivity index (χ2n) is 4.08. The third kappa shape index (κ3) is 3.93. The summed E-state index contributed by atoms with van der Waals surface area (Å²) in [6, 6.07) is 4.31. The molecule has 0 aromatic heterocycles. The van der Waals surface area contributed by atoms with Gasteiger partial charge in [-0.25, -0.2) is 0 Å². The molecule has 0 aliphatic heterocycles. The van der Waals surface area contributed by atoms with Gasteiger partial charge in [-0.15, -0.1) is 11.8 Å². The minimum absolute atomic E-state index is 0.126. The molecule has 0 saturated carbocycles. The van der Waals surface area contributed by atoms with E-state index in [-0.39, 0.29) is 22.4 Å². The van der Waals surface area contributed by atoms with Crippen molar-refractivity contribution >= 4 is 23.4 Å². The number of nitro groups is 1. The predicted molar refractivity (Wildman–Crippen MR) is 73.5 cm³/mol. The molecule has 7 heteroatoms. The SMILES string of the molecule is CNC(=O)c1ccc(SC(C)C(C)O)c([N+](=O)[O-])c1. The van der Waals surface area contributed by atoms with Crippen molar-refractivity contribution in [1.29, 1.82) is 0 Å². The molecule has 1 aromatic carbocycles. The molecule has 0 spiro atoms. The van der Waals surface area contributed by atoms with Crippen molar-refractivity contribution in [3.8, 4) is 0 Å². The van der Waals surface area contributed by atoms with E-state index in [0.29, 0.717) is 4.90 Å². The van der Waals surface area contributed by atoms with Crippen molar-refractivity contribution in [2.45, 2.75) is 30.1 Å². The second-order valence-corrected chi connectivity index (χ2v) is 5.50. The first-order chi connectivity index (χ1) is 8.86. The molecule has 1 aromatic rings. The van der Waals surface area contributed by atoms with Crippen molar-refractivity contribution in [2.24, 2.45) is 0 Å². The average Bonchev–Trinajstić information content (AvgIpc) is 2.37. The summed E-state index contributed by atoms with van der Waals surface area (Å²) < 4.78 is 0. The Labute approximate surface area is 115 Å². The fourth-order valence-electron chi connectivity index (χ4n) is 1.34. The molecule has 0 aliphatic carbocycles. The molecule has 19 heavy (non-hydrogen) atoms. The van der Waals surface area contributed by atoms with E-state index in [4.69, 9.17) is 0 Å². The van der Waals surface area contributed by atoms with Crippen LogP contribution in [0.2, 0.25) is 0 Å². The molecular formula is C12H16N2O4S. The van der Waals surface area contributed by atoms with Crippen LogP contribution in [0.1, 0.15) is 24.2 Å². The van der Waals surface area contributed by atoms with Gasteiger partial charge in [0, 0.05) is 23.9 Å². The van der Waals surface area contributed by atoms with Gasteiger partial charge in [0.05, 0.1) is 15.9 Å². The van der Waals surface area contributed by atoms with E-state index in [0.717, 1.165) is 0 Å². The fourth-order valence-corrected chi connectivity index (χ4v) is 2.34. The van der Waals surface area contributed by atoms with Gasteiger partial charge < -0.3 is 10.4 Å². The molecule has 6 nitrogen and oxygen atoms in total. The van der Waals surface area contributed by atoms with Crippen LogP contribution in [-0.2, 0) is 0 Å². The quantitative estimate of drug-likeness (QED) is 0.489. The van der Waals surface area contributed by atoms with Crippen molar-refractivity contribution in [3.63, 3.8) is 0 Å². The Morgan fingerprint density at radius 2 is 2.11 bits per heavy atom. The Kier molecular flexibility index (Phi) is 5.31. The van der Waals surface area contributed by atoms with Crippen LogP contribution >= 0.6 is 11.8 Å². The number of carbonyl (C=O) groups is 1. The zero-order chi connectivity index (χ0) is 14.6. The first-order valence-electron chi connectivity index (χ1n) is 5.72. The number of amides is 1. The maximum Gasteiger partial charge on any atom is 0.283 e. The molecule has 2 atom stereocenters. The third-order valence-electron chi connectivity index (χ3n) is 2.64. The lowest BCUT2D eigenvalue weighted by atomic mass is 10.2. The van der Waals surface area contributed by atoms with Crippen molar-refractivity contribution < 1.29 is 14.8 Å². The van der Waals surface area contributed by atoms with Crippen LogP contribution in [0.3, 0.4) is 0 Å². The van der Waals surface area contributed by atoms with Gasteiger partial charge in [-0.2, -0.15) is 0 Å². The number of aliphatic hydroxyl groups excluding tert-OH is 1. The largest absolute Gasteiger partial charge is 0.392 e. The second kappa shape index (κ2) is 6.53. The average molecular weight is 284 g/mol.